The van der Waals surface area contributed by atoms with E-state index in [1.54, 1.807) is 25.1 Å². The smallest absolute Gasteiger partial charge is 0.404 e. The van der Waals surface area contributed by atoms with Gasteiger partial charge in [-0.3, -0.25) is 4.79 Å². The number of para-hydroxylation sites is 1. The molecule has 0 unspecified atom stereocenters. The average molecular weight is 232 g/mol. The number of aromatic amines is 1. The lowest BCUT2D eigenvalue weighted by atomic mass is 10.1. The van der Waals surface area contributed by atoms with E-state index in [9.17, 15) is 9.59 Å². The Balaban J connectivity index is 2.54. The van der Waals surface area contributed by atoms with Crippen LogP contribution in [0, 0.1) is 6.92 Å². The van der Waals surface area contributed by atoms with Gasteiger partial charge in [0, 0.05) is 22.2 Å². The maximum atomic E-state index is 12.0. The topological polar surface area (TPSA) is 82.2 Å². The Morgan fingerprint density at radius 2 is 2.12 bits per heavy atom. The third-order valence-corrected chi connectivity index (χ3v) is 2.67. The van der Waals surface area contributed by atoms with Crippen molar-refractivity contribution in [3.05, 3.63) is 45.7 Å². The molecule has 5 nitrogen and oxygen atoms in total. The lowest BCUT2D eigenvalue weighted by molar-refractivity contribution is 0.194. The van der Waals surface area contributed by atoms with Crippen molar-refractivity contribution in [3.8, 4) is 0 Å². The summed E-state index contributed by atoms with van der Waals surface area (Å²) in [5, 5.41) is 11.4. The van der Waals surface area contributed by atoms with E-state index in [1.807, 2.05) is 6.07 Å². The number of hydrogen-bond acceptors (Lipinski definition) is 2. The van der Waals surface area contributed by atoms with Crippen LogP contribution >= 0.6 is 0 Å². The summed E-state index contributed by atoms with van der Waals surface area (Å²) in [4.78, 5) is 25.5. The van der Waals surface area contributed by atoms with Crippen LogP contribution < -0.4 is 10.7 Å². The van der Waals surface area contributed by atoms with E-state index in [0.29, 0.717) is 22.2 Å². The summed E-state index contributed by atoms with van der Waals surface area (Å²) in [7, 11) is 0. The molecule has 88 valence electrons. The van der Waals surface area contributed by atoms with E-state index < -0.39 is 6.09 Å². The van der Waals surface area contributed by atoms with E-state index in [0.717, 1.165) is 0 Å². The van der Waals surface area contributed by atoms with Gasteiger partial charge in [-0.2, -0.15) is 0 Å². The molecular weight excluding hydrogens is 220 g/mol. The Bertz CT molecular complexity index is 631. The molecule has 3 N–H and O–H groups in total. The summed E-state index contributed by atoms with van der Waals surface area (Å²) in [6.07, 6.45) is -1.11. The highest BCUT2D eigenvalue weighted by molar-refractivity contribution is 5.79. The molecule has 0 fully saturated rings. The minimum absolute atomic E-state index is 0.0680. The van der Waals surface area contributed by atoms with Gasteiger partial charge in [-0.05, 0) is 19.1 Å². The zero-order chi connectivity index (χ0) is 12.4. The standard InChI is InChI=1S/C12H12N2O3/c1-7-10(6-13-12(16)17)14-9-5-3-2-4-8(9)11(7)15/h2-5,13H,6H2,1H3,(H,14,15)(H,16,17). The number of nitrogens with one attached hydrogen (secondary N) is 2. The Morgan fingerprint density at radius 1 is 1.41 bits per heavy atom. The van der Waals surface area contributed by atoms with Crippen LogP contribution in [0.3, 0.4) is 0 Å². The van der Waals surface area contributed by atoms with Gasteiger partial charge in [0.05, 0.1) is 6.54 Å². The van der Waals surface area contributed by atoms with Crippen molar-refractivity contribution in [1.29, 1.82) is 0 Å². The third kappa shape index (κ3) is 2.13. The molecule has 0 saturated heterocycles. The number of hydrogen-bond donors (Lipinski definition) is 3. The number of pyridine rings is 1. The van der Waals surface area contributed by atoms with Gasteiger partial charge in [0.2, 0.25) is 0 Å². The number of rotatable bonds is 2. The van der Waals surface area contributed by atoms with Crippen LogP contribution in [0.2, 0.25) is 0 Å². The van der Waals surface area contributed by atoms with Gasteiger partial charge in [0.25, 0.3) is 0 Å². The molecule has 0 atom stereocenters. The first-order chi connectivity index (χ1) is 8.09. The highest BCUT2D eigenvalue weighted by Crippen LogP contribution is 2.10. The molecule has 0 spiro atoms. The molecule has 0 saturated carbocycles. The van der Waals surface area contributed by atoms with Crippen molar-refractivity contribution in [1.82, 2.24) is 10.3 Å². The highest BCUT2D eigenvalue weighted by atomic mass is 16.4. The van der Waals surface area contributed by atoms with Gasteiger partial charge in [0.1, 0.15) is 0 Å². The second-order valence-electron chi connectivity index (χ2n) is 3.76. The number of carbonyl (C=O) groups is 1. The molecule has 2 aromatic rings. The van der Waals surface area contributed by atoms with E-state index in [1.165, 1.54) is 0 Å². The summed E-state index contributed by atoms with van der Waals surface area (Å²) in [6.45, 7) is 1.78. The molecule has 1 heterocycles. The SMILES string of the molecule is Cc1c(CNC(=O)O)[nH]c2ccccc2c1=O. The fraction of sp³-hybridized carbons (Fsp3) is 0.167. The van der Waals surface area contributed by atoms with Crippen molar-refractivity contribution in [2.75, 3.05) is 0 Å². The van der Waals surface area contributed by atoms with Crippen LogP contribution in [0.15, 0.2) is 29.1 Å². The van der Waals surface area contributed by atoms with Gasteiger partial charge < -0.3 is 15.4 Å². The molecule has 0 aliphatic heterocycles. The van der Waals surface area contributed by atoms with Crippen molar-refractivity contribution < 1.29 is 9.90 Å². The summed E-state index contributed by atoms with van der Waals surface area (Å²) in [5.74, 6) is 0. The molecule has 0 radical (unpaired) electrons. The second-order valence-corrected chi connectivity index (χ2v) is 3.76. The van der Waals surface area contributed by atoms with Crippen LogP contribution in [0.4, 0.5) is 4.79 Å². The molecule has 1 aromatic carbocycles. The number of carboxylic acid groups (broad SMARTS) is 1. The normalized spacial score (nSPS) is 10.4. The number of H-pyrrole nitrogens is 1. The van der Waals surface area contributed by atoms with E-state index in [4.69, 9.17) is 5.11 Å². The van der Waals surface area contributed by atoms with Crippen LogP contribution in [0.1, 0.15) is 11.3 Å². The Hall–Kier alpha value is -2.30. The van der Waals surface area contributed by atoms with Crippen LogP contribution in [0.5, 0.6) is 0 Å². The minimum Gasteiger partial charge on any atom is -0.465 e. The zero-order valence-electron chi connectivity index (χ0n) is 9.28. The summed E-state index contributed by atoms with van der Waals surface area (Å²) >= 11 is 0. The van der Waals surface area contributed by atoms with Crippen molar-refractivity contribution >= 4 is 17.0 Å². The van der Waals surface area contributed by atoms with Crippen molar-refractivity contribution in [2.24, 2.45) is 0 Å². The quantitative estimate of drug-likeness (QED) is 0.735. The molecule has 0 bridgehead atoms. The molecule has 17 heavy (non-hydrogen) atoms. The van der Waals surface area contributed by atoms with Gasteiger partial charge in [-0.25, -0.2) is 4.79 Å². The molecule has 0 aliphatic carbocycles. The highest BCUT2D eigenvalue weighted by Gasteiger charge is 2.08. The van der Waals surface area contributed by atoms with Crippen LogP contribution in [0.25, 0.3) is 10.9 Å². The first-order valence-corrected chi connectivity index (χ1v) is 5.17. The molecule has 1 aromatic heterocycles. The van der Waals surface area contributed by atoms with E-state index in [2.05, 4.69) is 10.3 Å². The fourth-order valence-corrected chi connectivity index (χ4v) is 1.73. The van der Waals surface area contributed by atoms with Gasteiger partial charge in [-0.15, -0.1) is 0 Å². The third-order valence-electron chi connectivity index (χ3n) is 2.67. The summed E-state index contributed by atoms with van der Waals surface area (Å²) in [6, 6.07) is 7.16. The number of fused-ring (bicyclic) bond motifs is 1. The van der Waals surface area contributed by atoms with Crippen molar-refractivity contribution in [3.63, 3.8) is 0 Å². The monoisotopic (exact) mass is 232 g/mol. The Kier molecular flexibility index (Phi) is 2.82. The van der Waals surface area contributed by atoms with Crippen LogP contribution in [-0.2, 0) is 6.54 Å². The maximum Gasteiger partial charge on any atom is 0.404 e. The first kappa shape index (κ1) is 11.2. The Morgan fingerprint density at radius 3 is 2.82 bits per heavy atom. The van der Waals surface area contributed by atoms with Crippen LogP contribution in [-0.4, -0.2) is 16.2 Å². The molecule has 0 aliphatic rings. The number of amides is 1. The van der Waals surface area contributed by atoms with Gasteiger partial charge in [-0.1, -0.05) is 12.1 Å². The molecule has 1 amide bonds. The lowest BCUT2D eigenvalue weighted by Gasteiger charge is -2.08. The average Bonchev–Trinajstić information content (AvgIpc) is 2.32. The first-order valence-electron chi connectivity index (χ1n) is 5.17. The predicted molar refractivity (Wildman–Crippen MR) is 64.2 cm³/mol. The largest absolute Gasteiger partial charge is 0.465 e. The zero-order valence-corrected chi connectivity index (χ0v) is 9.28. The van der Waals surface area contributed by atoms with E-state index in [-0.39, 0.29) is 12.0 Å². The minimum atomic E-state index is -1.11. The van der Waals surface area contributed by atoms with Crippen molar-refractivity contribution in [2.45, 2.75) is 13.5 Å². The second kappa shape index (κ2) is 4.29. The number of benzene rings is 1. The van der Waals surface area contributed by atoms with Gasteiger partial charge >= 0.3 is 6.09 Å². The molecule has 2 rings (SSSR count). The fourth-order valence-electron chi connectivity index (χ4n) is 1.73. The molecule has 5 heteroatoms. The lowest BCUT2D eigenvalue weighted by Crippen LogP contribution is -2.23. The predicted octanol–water partition coefficient (Wildman–Crippen LogP) is 1.60. The maximum absolute atomic E-state index is 12.0. The summed E-state index contributed by atoms with van der Waals surface area (Å²) in [5.41, 5.74) is 1.78. The Labute approximate surface area is 97.1 Å². The molecular formula is C12H12N2O3. The van der Waals surface area contributed by atoms with E-state index >= 15 is 0 Å². The van der Waals surface area contributed by atoms with Gasteiger partial charge in [0.15, 0.2) is 5.43 Å². The summed E-state index contributed by atoms with van der Waals surface area (Å²) < 4.78 is 0. The number of aromatic nitrogens is 1.